The van der Waals surface area contributed by atoms with Gasteiger partial charge in [0.15, 0.2) is 5.54 Å². The number of carbonyl (C=O) groups is 3. The van der Waals surface area contributed by atoms with Crippen molar-refractivity contribution in [3.05, 3.63) is 47.6 Å². The van der Waals surface area contributed by atoms with Crippen molar-refractivity contribution in [2.45, 2.75) is 24.8 Å². The minimum Gasteiger partial charge on any atom is -0.393 e. The fourth-order valence-electron chi connectivity index (χ4n) is 3.20. The third-order valence-corrected chi connectivity index (χ3v) is 5.28. The molecule has 0 radical (unpaired) electrons. The quantitative estimate of drug-likeness (QED) is 0.425. The van der Waals surface area contributed by atoms with Crippen LogP contribution in [-0.2, 0) is 9.59 Å². The zero-order valence-electron chi connectivity index (χ0n) is 17.2. The van der Waals surface area contributed by atoms with Gasteiger partial charge in [0.2, 0.25) is 5.91 Å². The van der Waals surface area contributed by atoms with Gasteiger partial charge in [-0.2, -0.15) is 0 Å². The molecule has 1 aromatic heterocycles. The third kappa shape index (κ3) is 5.52. The first kappa shape index (κ1) is 23.5. The molecule has 1 fully saturated rings. The van der Waals surface area contributed by atoms with E-state index >= 15 is 0 Å². The molecule has 1 aliphatic heterocycles. The summed E-state index contributed by atoms with van der Waals surface area (Å²) >= 11 is 5.75. The predicted molar refractivity (Wildman–Crippen MR) is 120 cm³/mol. The number of piperidine rings is 1. The van der Waals surface area contributed by atoms with Gasteiger partial charge in [-0.25, -0.2) is 9.78 Å². The number of nitrogens with one attached hydrogen (secondary N) is 3. The maximum Gasteiger partial charge on any atom is 0.321 e. The lowest BCUT2D eigenvalue weighted by molar-refractivity contribution is -0.125. The zero-order chi connectivity index (χ0) is 23.1. The second-order valence-electron chi connectivity index (χ2n) is 7.34. The monoisotopic (exact) mass is 461 g/mol. The van der Waals surface area contributed by atoms with Crippen molar-refractivity contribution < 1.29 is 24.6 Å². The molecule has 1 saturated heterocycles. The average molecular weight is 462 g/mol. The molecule has 0 atom stereocenters. The number of rotatable bonds is 7. The number of aromatic nitrogens is 1. The SMILES string of the molecule is O=C(Nc1ccc(Cl)cn1)NC(CO)(CO)C(=O)Nc1ccc(N2CCCCC2=O)cc1. The molecule has 4 amide bonds. The highest BCUT2D eigenvalue weighted by molar-refractivity contribution is 6.30. The lowest BCUT2D eigenvalue weighted by Crippen LogP contribution is -2.62. The van der Waals surface area contributed by atoms with E-state index in [2.05, 4.69) is 20.9 Å². The van der Waals surface area contributed by atoms with Gasteiger partial charge in [0.1, 0.15) is 5.82 Å². The summed E-state index contributed by atoms with van der Waals surface area (Å²) in [7, 11) is 0. The number of urea groups is 1. The first-order chi connectivity index (χ1) is 15.4. The summed E-state index contributed by atoms with van der Waals surface area (Å²) in [6, 6.07) is 8.73. The number of pyridine rings is 1. The molecule has 1 aliphatic rings. The maximum atomic E-state index is 12.8. The molecule has 0 saturated carbocycles. The van der Waals surface area contributed by atoms with Gasteiger partial charge in [-0.15, -0.1) is 0 Å². The van der Waals surface area contributed by atoms with Crippen LogP contribution in [0.2, 0.25) is 5.02 Å². The topological polar surface area (TPSA) is 144 Å². The second kappa shape index (κ2) is 10.4. The van der Waals surface area contributed by atoms with Crippen molar-refractivity contribution in [3.63, 3.8) is 0 Å². The van der Waals surface area contributed by atoms with Crippen molar-refractivity contribution in [2.75, 3.05) is 35.3 Å². The molecule has 11 heteroatoms. The predicted octanol–water partition coefficient (Wildman–Crippen LogP) is 1.74. The van der Waals surface area contributed by atoms with Gasteiger partial charge in [-0.1, -0.05) is 11.6 Å². The molecule has 10 nitrogen and oxygen atoms in total. The van der Waals surface area contributed by atoms with Gasteiger partial charge in [-0.3, -0.25) is 14.9 Å². The number of anilines is 3. The van der Waals surface area contributed by atoms with E-state index in [0.717, 1.165) is 18.5 Å². The summed E-state index contributed by atoms with van der Waals surface area (Å²) in [6.45, 7) is -1.06. The van der Waals surface area contributed by atoms with E-state index in [4.69, 9.17) is 11.6 Å². The third-order valence-electron chi connectivity index (χ3n) is 5.06. The Balaban J connectivity index is 1.66. The summed E-state index contributed by atoms with van der Waals surface area (Å²) in [6.07, 6.45) is 3.64. The first-order valence-electron chi connectivity index (χ1n) is 10.0. The van der Waals surface area contributed by atoms with Crippen molar-refractivity contribution >= 4 is 46.6 Å². The molecule has 2 aromatic rings. The highest BCUT2D eigenvalue weighted by Gasteiger charge is 2.39. The van der Waals surface area contributed by atoms with Crippen LogP contribution in [0.25, 0.3) is 0 Å². The molecule has 0 unspecified atom stereocenters. The summed E-state index contributed by atoms with van der Waals surface area (Å²) in [5, 5.41) is 27.2. The van der Waals surface area contributed by atoms with Crippen LogP contribution < -0.4 is 20.9 Å². The number of aliphatic hydroxyl groups excluding tert-OH is 2. The lowest BCUT2D eigenvalue weighted by atomic mass is 10.0. The van der Waals surface area contributed by atoms with Gasteiger partial charge in [0.05, 0.1) is 18.2 Å². The van der Waals surface area contributed by atoms with Crippen LogP contribution in [0, 0.1) is 0 Å². The molecular formula is C21H24ClN5O5. The Morgan fingerprint density at radius 2 is 1.78 bits per heavy atom. The Bertz CT molecular complexity index is 964. The summed E-state index contributed by atoms with van der Waals surface area (Å²) < 4.78 is 0. The molecule has 5 N–H and O–H groups in total. The second-order valence-corrected chi connectivity index (χ2v) is 7.78. The van der Waals surface area contributed by atoms with E-state index < -0.39 is 30.7 Å². The minimum absolute atomic E-state index is 0.0537. The van der Waals surface area contributed by atoms with Gasteiger partial charge in [-0.05, 0) is 49.2 Å². The lowest BCUT2D eigenvalue weighted by Gasteiger charge is -2.30. The number of carbonyl (C=O) groups excluding carboxylic acids is 3. The fraction of sp³-hybridized carbons (Fsp3) is 0.333. The summed E-state index contributed by atoms with van der Waals surface area (Å²) in [5.41, 5.74) is -0.898. The number of nitrogens with zero attached hydrogens (tertiary/aromatic N) is 2. The van der Waals surface area contributed by atoms with E-state index in [9.17, 15) is 24.6 Å². The highest BCUT2D eigenvalue weighted by atomic mass is 35.5. The van der Waals surface area contributed by atoms with Crippen LogP contribution >= 0.6 is 11.6 Å². The van der Waals surface area contributed by atoms with Crippen LogP contribution in [0.4, 0.5) is 22.0 Å². The Hall–Kier alpha value is -3.21. The molecule has 0 aliphatic carbocycles. The molecule has 2 heterocycles. The van der Waals surface area contributed by atoms with E-state index in [1.807, 2.05) is 0 Å². The van der Waals surface area contributed by atoms with Crippen molar-refractivity contribution in [1.29, 1.82) is 0 Å². The van der Waals surface area contributed by atoms with Crippen LogP contribution in [0.3, 0.4) is 0 Å². The van der Waals surface area contributed by atoms with Gasteiger partial charge in [0, 0.05) is 30.5 Å². The number of halogens is 1. The van der Waals surface area contributed by atoms with Gasteiger partial charge >= 0.3 is 6.03 Å². The minimum atomic E-state index is -1.99. The van der Waals surface area contributed by atoms with Crippen molar-refractivity contribution in [3.8, 4) is 0 Å². The Morgan fingerprint density at radius 3 is 2.38 bits per heavy atom. The molecule has 0 bridgehead atoms. The summed E-state index contributed by atoms with van der Waals surface area (Å²) in [5.74, 6) is -0.596. The standard InChI is InChI=1S/C21H24ClN5O5/c22-14-4-9-17(23-11-14)25-20(32)26-21(12-28,13-29)19(31)24-15-5-7-16(8-6-15)27-10-2-1-3-18(27)30/h4-9,11,28-29H,1-3,10,12-13H2,(H,24,31)(H2,23,25,26,32). The Kier molecular flexibility index (Phi) is 7.62. The van der Waals surface area contributed by atoms with Crippen LogP contribution in [0.1, 0.15) is 19.3 Å². The van der Waals surface area contributed by atoms with Crippen LogP contribution in [0.15, 0.2) is 42.6 Å². The van der Waals surface area contributed by atoms with Gasteiger partial charge in [0.25, 0.3) is 5.91 Å². The number of benzene rings is 1. The first-order valence-corrected chi connectivity index (χ1v) is 10.4. The molecule has 170 valence electrons. The maximum absolute atomic E-state index is 12.8. The van der Waals surface area contributed by atoms with Crippen LogP contribution in [0.5, 0.6) is 0 Å². The molecule has 0 spiro atoms. The number of hydrogen-bond acceptors (Lipinski definition) is 6. The van der Waals surface area contributed by atoms with Gasteiger partial charge < -0.3 is 25.7 Å². The number of hydrogen-bond donors (Lipinski definition) is 5. The van der Waals surface area contributed by atoms with Crippen molar-refractivity contribution in [2.24, 2.45) is 0 Å². The Morgan fingerprint density at radius 1 is 1.06 bits per heavy atom. The largest absolute Gasteiger partial charge is 0.393 e. The van der Waals surface area contributed by atoms with Crippen molar-refractivity contribution in [1.82, 2.24) is 10.3 Å². The summed E-state index contributed by atoms with van der Waals surface area (Å²) in [4.78, 5) is 42.8. The molecule has 32 heavy (non-hydrogen) atoms. The normalized spacial score (nSPS) is 14.1. The van der Waals surface area contributed by atoms with Crippen LogP contribution in [-0.4, -0.2) is 58.3 Å². The number of amides is 4. The van der Waals surface area contributed by atoms with E-state index in [0.29, 0.717) is 23.7 Å². The van der Waals surface area contributed by atoms with E-state index in [-0.39, 0.29) is 11.7 Å². The average Bonchev–Trinajstić information content (AvgIpc) is 2.80. The smallest absolute Gasteiger partial charge is 0.321 e. The molecule has 1 aromatic carbocycles. The molecule has 3 rings (SSSR count). The van der Waals surface area contributed by atoms with E-state index in [1.165, 1.54) is 18.3 Å². The highest BCUT2D eigenvalue weighted by Crippen LogP contribution is 2.23. The Labute approximate surface area is 189 Å². The van der Waals surface area contributed by atoms with E-state index in [1.54, 1.807) is 29.2 Å². The zero-order valence-corrected chi connectivity index (χ0v) is 17.9. The fourth-order valence-corrected chi connectivity index (χ4v) is 3.31. The number of aliphatic hydroxyl groups is 2. The molecular weight excluding hydrogens is 438 g/mol.